The van der Waals surface area contributed by atoms with E-state index >= 15 is 0 Å². The van der Waals surface area contributed by atoms with Gasteiger partial charge in [-0.05, 0) is 33.4 Å². The molecule has 0 amide bonds. The molecule has 0 unspecified atom stereocenters. The molecule has 6 heteroatoms. The molecule has 0 aliphatic carbocycles. The minimum atomic E-state index is 0.535. The average molecular weight is 319 g/mol. The number of halogens is 2. The van der Waals surface area contributed by atoms with Gasteiger partial charge in [-0.1, -0.05) is 11.6 Å². The van der Waals surface area contributed by atoms with Gasteiger partial charge in [0, 0.05) is 9.35 Å². The minimum absolute atomic E-state index is 0.535. The molecule has 2 rings (SSSR count). The molecule has 2 aromatic rings. The molecule has 84 valence electrons. The van der Waals surface area contributed by atoms with E-state index in [4.69, 9.17) is 17.3 Å². The van der Waals surface area contributed by atoms with E-state index in [1.165, 1.54) is 4.88 Å². The average Bonchev–Trinajstić information content (AvgIpc) is 2.63. The largest absolute Gasteiger partial charge is 0.397 e. The second-order valence-electron chi connectivity index (χ2n) is 3.14. The van der Waals surface area contributed by atoms with Gasteiger partial charge in [0.05, 0.1) is 23.5 Å². The van der Waals surface area contributed by atoms with Crippen LogP contribution in [-0.4, -0.2) is 4.98 Å². The molecule has 0 atom stereocenters. The predicted molar refractivity (Wildman–Crippen MR) is 73.0 cm³/mol. The van der Waals surface area contributed by atoms with E-state index in [1.807, 2.05) is 11.4 Å². The molecular formula is C10H9BrClN3S. The van der Waals surface area contributed by atoms with Gasteiger partial charge in [-0.25, -0.2) is 4.98 Å². The Morgan fingerprint density at radius 1 is 1.56 bits per heavy atom. The molecule has 2 heterocycles. The normalized spacial score (nSPS) is 10.4. The number of nitrogens with zero attached hydrogens (tertiary/aromatic N) is 1. The molecule has 3 nitrogen and oxygen atoms in total. The van der Waals surface area contributed by atoms with Gasteiger partial charge in [0.15, 0.2) is 0 Å². The van der Waals surface area contributed by atoms with Gasteiger partial charge >= 0.3 is 0 Å². The molecule has 0 saturated heterocycles. The number of hydrogen-bond donors (Lipinski definition) is 2. The minimum Gasteiger partial charge on any atom is -0.397 e. The highest BCUT2D eigenvalue weighted by molar-refractivity contribution is 9.10. The molecular weight excluding hydrogens is 310 g/mol. The third-order valence-corrected chi connectivity index (χ3v) is 4.18. The molecule has 3 N–H and O–H groups in total. The Bertz CT molecular complexity index is 501. The summed E-state index contributed by atoms with van der Waals surface area (Å²) in [5, 5.41) is 5.73. The van der Waals surface area contributed by atoms with Crippen LogP contribution in [0.2, 0.25) is 5.02 Å². The number of aromatic nitrogens is 1. The van der Waals surface area contributed by atoms with Crippen LogP contribution in [0.4, 0.5) is 11.5 Å². The van der Waals surface area contributed by atoms with Crippen molar-refractivity contribution in [3.8, 4) is 0 Å². The van der Waals surface area contributed by atoms with Crippen LogP contribution in [0.5, 0.6) is 0 Å². The van der Waals surface area contributed by atoms with E-state index in [2.05, 4.69) is 26.2 Å². The molecule has 0 fully saturated rings. The van der Waals surface area contributed by atoms with E-state index in [9.17, 15) is 0 Å². The first kappa shape index (κ1) is 11.7. The van der Waals surface area contributed by atoms with Crippen molar-refractivity contribution in [2.75, 3.05) is 11.1 Å². The van der Waals surface area contributed by atoms with Gasteiger partial charge in [-0.15, -0.1) is 11.3 Å². The summed E-state index contributed by atoms with van der Waals surface area (Å²) in [6.45, 7) is 0.689. The Balaban J connectivity index is 2.08. The molecule has 0 aliphatic heterocycles. The van der Waals surface area contributed by atoms with Gasteiger partial charge in [-0.3, -0.25) is 0 Å². The van der Waals surface area contributed by atoms with Crippen molar-refractivity contribution in [3.63, 3.8) is 0 Å². The lowest BCUT2D eigenvalue weighted by molar-refractivity contribution is 1.14. The fourth-order valence-corrected chi connectivity index (χ4v) is 2.87. The van der Waals surface area contributed by atoms with E-state index < -0.39 is 0 Å². The lowest BCUT2D eigenvalue weighted by Crippen LogP contribution is -2.01. The molecule has 0 aromatic carbocycles. The second-order valence-corrected chi connectivity index (χ2v) is 5.41. The second kappa shape index (κ2) is 5.03. The highest BCUT2D eigenvalue weighted by Gasteiger charge is 2.04. The molecule has 0 saturated carbocycles. The van der Waals surface area contributed by atoms with Crippen LogP contribution < -0.4 is 11.1 Å². The quantitative estimate of drug-likeness (QED) is 0.906. The zero-order valence-electron chi connectivity index (χ0n) is 8.21. The summed E-state index contributed by atoms with van der Waals surface area (Å²) < 4.78 is 1.09. The number of pyridine rings is 1. The first-order chi connectivity index (χ1) is 7.66. The number of nitrogen functional groups attached to an aromatic ring is 1. The van der Waals surface area contributed by atoms with Gasteiger partial charge in [0.25, 0.3) is 0 Å². The van der Waals surface area contributed by atoms with Gasteiger partial charge in [0.1, 0.15) is 5.82 Å². The summed E-state index contributed by atoms with van der Waals surface area (Å²) in [7, 11) is 0. The molecule has 2 aromatic heterocycles. The number of nitrogens with one attached hydrogen (secondary N) is 1. The lowest BCUT2D eigenvalue weighted by Gasteiger charge is -2.06. The van der Waals surface area contributed by atoms with Gasteiger partial charge < -0.3 is 11.1 Å². The maximum atomic E-state index is 6.00. The number of nitrogens with two attached hydrogens (primary N) is 1. The van der Waals surface area contributed by atoms with Crippen LogP contribution in [0, 0.1) is 0 Å². The SMILES string of the molecule is Nc1cnc(NCc2sccc2Br)c(Cl)c1. The van der Waals surface area contributed by atoms with Crippen molar-refractivity contribution in [3.05, 3.63) is 38.1 Å². The van der Waals surface area contributed by atoms with E-state index in [-0.39, 0.29) is 0 Å². The Kier molecular flexibility index (Phi) is 3.68. The molecule has 0 spiro atoms. The van der Waals surface area contributed by atoms with Gasteiger partial charge in [0.2, 0.25) is 0 Å². The lowest BCUT2D eigenvalue weighted by atomic mass is 10.4. The Morgan fingerprint density at radius 2 is 2.38 bits per heavy atom. The van der Waals surface area contributed by atoms with Crippen molar-refractivity contribution < 1.29 is 0 Å². The summed E-state index contributed by atoms with van der Waals surface area (Å²) in [4.78, 5) is 5.33. The number of thiophene rings is 1. The molecule has 0 aliphatic rings. The summed E-state index contributed by atoms with van der Waals surface area (Å²) in [6, 6.07) is 3.69. The van der Waals surface area contributed by atoms with Crippen LogP contribution in [-0.2, 0) is 6.54 Å². The highest BCUT2D eigenvalue weighted by Crippen LogP contribution is 2.25. The maximum absolute atomic E-state index is 6.00. The topological polar surface area (TPSA) is 50.9 Å². The van der Waals surface area contributed by atoms with Gasteiger partial charge in [-0.2, -0.15) is 0 Å². The smallest absolute Gasteiger partial charge is 0.145 e. The first-order valence-electron chi connectivity index (χ1n) is 4.53. The van der Waals surface area contributed by atoms with Crippen LogP contribution >= 0.6 is 38.9 Å². The summed E-state index contributed by atoms with van der Waals surface area (Å²) >= 11 is 11.1. The zero-order valence-corrected chi connectivity index (χ0v) is 11.4. The number of anilines is 2. The zero-order chi connectivity index (χ0) is 11.5. The maximum Gasteiger partial charge on any atom is 0.145 e. The number of hydrogen-bond acceptors (Lipinski definition) is 4. The van der Waals surface area contributed by atoms with Crippen LogP contribution in [0.25, 0.3) is 0 Å². The summed E-state index contributed by atoms with van der Waals surface area (Å²) in [6.07, 6.45) is 1.58. The molecule has 0 bridgehead atoms. The Labute approximate surface area is 111 Å². The van der Waals surface area contributed by atoms with E-state index in [0.29, 0.717) is 23.1 Å². The number of rotatable bonds is 3. The van der Waals surface area contributed by atoms with Crippen LogP contribution in [0.3, 0.4) is 0 Å². The monoisotopic (exact) mass is 317 g/mol. The fraction of sp³-hybridized carbons (Fsp3) is 0.100. The third kappa shape index (κ3) is 2.66. The van der Waals surface area contributed by atoms with Crippen LogP contribution in [0.15, 0.2) is 28.2 Å². The summed E-state index contributed by atoms with van der Waals surface area (Å²) in [5.74, 6) is 0.649. The van der Waals surface area contributed by atoms with Crippen molar-refractivity contribution in [2.45, 2.75) is 6.54 Å². The standard InChI is InChI=1S/C10H9BrClN3S/c11-7-1-2-16-9(7)5-15-10-8(12)3-6(13)4-14-10/h1-4H,5,13H2,(H,14,15). The fourth-order valence-electron chi connectivity index (χ4n) is 1.20. The predicted octanol–water partition coefficient (Wildman–Crippen LogP) is 3.75. The third-order valence-electron chi connectivity index (χ3n) is 1.97. The molecule has 0 radical (unpaired) electrons. The van der Waals surface area contributed by atoms with Crippen LogP contribution in [0.1, 0.15) is 4.88 Å². The summed E-state index contributed by atoms with van der Waals surface area (Å²) in [5.41, 5.74) is 6.13. The van der Waals surface area contributed by atoms with E-state index in [0.717, 1.165) is 4.47 Å². The van der Waals surface area contributed by atoms with Crippen molar-refractivity contribution in [2.24, 2.45) is 0 Å². The van der Waals surface area contributed by atoms with Crippen molar-refractivity contribution in [1.82, 2.24) is 4.98 Å². The van der Waals surface area contributed by atoms with Crippen molar-refractivity contribution in [1.29, 1.82) is 0 Å². The highest BCUT2D eigenvalue weighted by atomic mass is 79.9. The van der Waals surface area contributed by atoms with Crippen molar-refractivity contribution >= 4 is 50.4 Å². The Hall–Kier alpha value is -0.780. The molecule has 16 heavy (non-hydrogen) atoms. The Morgan fingerprint density at radius 3 is 3.00 bits per heavy atom. The van der Waals surface area contributed by atoms with E-state index in [1.54, 1.807) is 23.6 Å². The first-order valence-corrected chi connectivity index (χ1v) is 6.58.